The van der Waals surface area contributed by atoms with E-state index in [-0.39, 0.29) is 0 Å². The number of anilines is 1. The molecule has 0 radical (unpaired) electrons. The van der Waals surface area contributed by atoms with E-state index in [4.69, 9.17) is 5.26 Å². The van der Waals surface area contributed by atoms with Crippen LogP contribution >= 0.6 is 0 Å². The number of pyridine rings is 1. The first-order valence-electron chi connectivity index (χ1n) is 5.85. The first-order chi connectivity index (χ1) is 7.72. The average molecular weight is 217 g/mol. The monoisotopic (exact) mass is 217 g/mol. The summed E-state index contributed by atoms with van der Waals surface area (Å²) in [5.74, 6) is 0.725. The molecule has 1 atom stereocenters. The summed E-state index contributed by atoms with van der Waals surface area (Å²) in [4.78, 5) is 4.25. The largest absolute Gasteiger partial charge is 0.366 e. The number of nitrogens with zero attached hydrogens (tertiary/aromatic N) is 2. The molecule has 1 rings (SSSR count). The molecule has 0 aliphatic rings. The van der Waals surface area contributed by atoms with Gasteiger partial charge in [-0.05, 0) is 31.4 Å². The lowest BCUT2D eigenvalue weighted by atomic mass is 10.1. The van der Waals surface area contributed by atoms with Crippen molar-refractivity contribution in [2.45, 2.75) is 46.1 Å². The Morgan fingerprint density at radius 1 is 1.50 bits per heavy atom. The maximum absolute atomic E-state index is 9.08. The summed E-state index contributed by atoms with van der Waals surface area (Å²) in [6, 6.07) is 4.48. The van der Waals surface area contributed by atoms with Crippen LogP contribution in [0.5, 0.6) is 0 Å². The molecule has 3 nitrogen and oxygen atoms in total. The van der Waals surface area contributed by atoms with Gasteiger partial charge in [-0.3, -0.25) is 0 Å². The molecule has 0 aliphatic carbocycles. The lowest BCUT2D eigenvalue weighted by Crippen LogP contribution is -2.19. The van der Waals surface area contributed by atoms with Gasteiger partial charge < -0.3 is 5.32 Å². The molecule has 1 unspecified atom stereocenters. The summed E-state index contributed by atoms with van der Waals surface area (Å²) in [6.45, 7) is 6.25. The fraction of sp³-hybridized carbons (Fsp3) is 0.538. The molecule has 0 spiro atoms. The lowest BCUT2D eigenvalue weighted by molar-refractivity contribution is 0.620. The predicted molar refractivity (Wildman–Crippen MR) is 66.3 cm³/mol. The Balaban J connectivity index is 2.88. The summed E-state index contributed by atoms with van der Waals surface area (Å²) in [6.07, 6.45) is 5.04. The Morgan fingerprint density at radius 2 is 2.25 bits per heavy atom. The number of aromatic nitrogens is 1. The fourth-order valence-corrected chi connectivity index (χ4v) is 1.73. The van der Waals surface area contributed by atoms with Crippen LogP contribution in [0, 0.1) is 18.3 Å². The zero-order chi connectivity index (χ0) is 12.0. The highest BCUT2D eigenvalue weighted by Gasteiger charge is 2.10. The van der Waals surface area contributed by atoms with Crippen molar-refractivity contribution in [1.29, 1.82) is 5.26 Å². The van der Waals surface area contributed by atoms with Gasteiger partial charge >= 0.3 is 0 Å². The Morgan fingerprint density at radius 3 is 2.81 bits per heavy atom. The molecule has 0 saturated carbocycles. The van der Waals surface area contributed by atoms with Gasteiger partial charge in [-0.15, -0.1) is 0 Å². The summed E-state index contributed by atoms with van der Waals surface area (Å²) in [5.41, 5.74) is 1.64. The van der Waals surface area contributed by atoms with Crippen molar-refractivity contribution < 1.29 is 0 Å². The molecule has 0 aromatic carbocycles. The Kier molecular flexibility index (Phi) is 4.78. The maximum atomic E-state index is 9.08. The maximum Gasteiger partial charge on any atom is 0.144 e. The second kappa shape index (κ2) is 6.12. The predicted octanol–water partition coefficient (Wildman–Crippen LogP) is 3.25. The second-order valence-electron chi connectivity index (χ2n) is 4.00. The van der Waals surface area contributed by atoms with Crippen LogP contribution in [0.1, 0.15) is 44.2 Å². The smallest absolute Gasteiger partial charge is 0.144 e. The van der Waals surface area contributed by atoms with E-state index in [9.17, 15) is 0 Å². The zero-order valence-corrected chi connectivity index (χ0v) is 10.2. The van der Waals surface area contributed by atoms with Crippen LogP contribution in [-0.2, 0) is 0 Å². The molecule has 0 fully saturated rings. The van der Waals surface area contributed by atoms with Crippen LogP contribution in [0.4, 0.5) is 5.82 Å². The van der Waals surface area contributed by atoms with Gasteiger partial charge in [0.2, 0.25) is 0 Å². The highest BCUT2D eigenvalue weighted by atomic mass is 15.0. The van der Waals surface area contributed by atoms with Gasteiger partial charge in [0.15, 0.2) is 0 Å². The minimum atomic E-state index is 0.409. The quantitative estimate of drug-likeness (QED) is 0.823. The Bertz CT molecular complexity index is 379. The summed E-state index contributed by atoms with van der Waals surface area (Å²) < 4.78 is 0. The van der Waals surface area contributed by atoms with Gasteiger partial charge in [0, 0.05) is 12.2 Å². The average Bonchev–Trinajstić information content (AvgIpc) is 2.28. The third-order valence-corrected chi connectivity index (χ3v) is 2.74. The van der Waals surface area contributed by atoms with Crippen molar-refractivity contribution in [3.8, 4) is 6.07 Å². The number of nitriles is 1. The van der Waals surface area contributed by atoms with Crippen LogP contribution in [0.2, 0.25) is 0 Å². The van der Waals surface area contributed by atoms with E-state index >= 15 is 0 Å². The van der Waals surface area contributed by atoms with E-state index in [1.807, 2.05) is 13.0 Å². The molecular weight excluding hydrogens is 198 g/mol. The normalized spacial score (nSPS) is 11.9. The van der Waals surface area contributed by atoms with E-state index in [2.05, 4.69) is 30.2 Å². The van der Waals surface area contributed by atoms with E-state index < -0.39 is 0 Å². The van der Waals surface area contributed by atoms with Crippen LogP contribution in [0.25, 0.3) is 0 Å². The molecule has 16 heavy (non-hydrogen) atoms. The molecule has 3 heteroatoms. The third-order valence-electron chi connectivity index (χ3n) is 2.74. The zero-order valence-electron chi connectivity index (χ0n) is 10.2. The number of hydrogen-bond donors (Lipinski definition) is 1. The summed E-state index contributed by atoms with van der Waals surface area (Å²) in [5, 5.41) is 12.4. The van der Waals surface area contributed by atoms with E-state index in [1.54, 1.807) is 6.20 Å². The molecule has 0 bridgehead atoms. The molecule has 1 aromatic rings. The summed E-state index contributed by atoms with van der Waals surface area (Å²) in [7, 11) is 0. The third kappa shape index (κ3) is 2.96. The van der Waals surface area contributed by atoms with Gasteiger partial charge in [-0.1, -0.05) is 20.3 Å². The first kappa shape index (κ1) is 12.5. The van der Waals surface area contributed by atoms with Crippen molar-refractivity contribution >= 4 is 5.82 Å². The SMILES string of the molecule is CCCC(CC)Nc1nccc(C)c1C#N. The van der Waals surface area contributed by atoms with Crippen molar-refractivity contribution in [3.63, 3.8) is 0 Å². The van der Waals surface area contributed by atoms with Gasteiger partial charge in [0.25, 0.3) is 0 Å². The number of aryl methyl sites for hydroxylation is 1. The highest BCUT2D eigenvalue weighted by molar-refractivity contribution is 5.55. The molecule has 0 amide bonds. The van der Waals surface area contributed by atoms with Crippen LogP contribution in [0.15, 0.2) is 12.3 Å². The number of rotatable bonds is 5. The van der Waals surface area contributed by atoms with Gasteiger partial charge in [-0.2, -0.15) is 5.26 Å². The van der Waals surface area contributed by atoms with E-state index in [1.165, 1.54) is 0 Å². The van der Waals surface area contributed by atoms with Crippen LogP contribution in [-0.4, -0.2) is 11.0 Å². The number of nitrogens with one attached hydrogen (secondary N) is 1. The Hall–Kier alpha value is -1.56. The molecular formula is C13H19N3. The van der Waals surface area contributed by atoms with Crippen LogP contribution < -0.4 is 5.32 Å². The lowest BCUT2D eigenvalue weighted by Gasteiger charge is -2.17. The Labute approximate surface area is 97.5 Å². The minimum absolute atomic E-state index is 0.409. The first-order valence-corrected chi connectivity index (χ1v) is 5.85. The van der Waals surface area contributed by atoms with Crippen molar-refractivity contribution in [1.82, 2.24) is 4.98 Å². The van der Waals surface area contributed by atoms with Crippen molar-refractivity contribution in [2.75, 3.05) is 5.32 Å². The van der Waals surface area contributed by atoms with Crippen molar-refractivity contribution in [2.24, 2.45) is 0 Å². The second-order valence-corrected chi connectivity index (χ2v) is 4.00. The van der Waals surface area contributed by atoms with Gasteiger partial charge in [0.1, 0.15) is 11.9 Å². The van der Waals surface area contributed by atoms with E-state index in [0.717, 1.165) is 30.6 Å². The summed E-state index contributed by atoms with van der Waals surface area (Å²) >= 11 is 0. The van der Waals surface area contributed by atoms with Crippen LogP contribution in [0.3, 0.4) is 0 Å². The standard InChI is InChI=1S/C13H19N3/c1-4-6-11(5-2)16-13-12(9-14)10(3)7-8-15-13/h7-8,11H,4-6H2,1-3H3,(H,15,16). The molecule has 0 aliphatic heterocycles. The molecule has 1 aromatic heterocycles. The van der Waals surface area contributed by atoms with Crippen molar-refractivity contribution in [3.05, 3.63) is 23.4 Å². The molecule has 1 heterocycles. The van der Waals surface area contributed by atoms with Gasteiger partial charge in [0.05, 0.1) is 5.56 Å². The molecule has 1 N–H and O–H groups in total. The van der Waals surface area contributed by atoms with E-state index in [0.29, 0.717) is 11.6 Å². The minimum Gasteiger partial charge on any atom is -0.366 e. The topological polar surface area (TPSA) is 48.7 Å². The molecule has 0 saturated heterocycles. The highest BCUT2D eigenvalue weighted by Crippen LogP contribution is 2.18. The van der Waals surface area contributed by atoms with Gasteiger partial charge in [-0.25, -0.2) is 4.98 Å². The molecule has 86 valence electrons. The fourth-order valence-electron chi connectivity index (χ4n) is 1.73. The number of hydrogen-bond acceptors (Lipinski definition) is 3.